The fraction of sp³-hybridized carbons (Fsp3) is 0.125. The van der Waals surface area contributed by atoms with E-state index in [9.17, 15) is 18.0 Å². The molecule has 5 heteroatoms. The van der Waals surface area contributed by atoms with Crippen molar-refractivity contribution in [3.63, 3.8) is 0 Å². The van der Waals surface area contributed by atoms with Crippen LogP contribution in [0.5, 0.6) is 0 Å². The van der Waals surface area contributed by atoms with Crippen LogP contribution in [0.2, 0.25) is 0 Å². The maximum absolute atomic E-state index is 12.8. The number of hydrogen-bond donors (Lipinski definition) is 0. The first-order chi connectivity index (χ1) is 6.07. The fourth-order valence-electron chi connectivity index (χ4n) is 0.860. The highest BCUT2D eigenvalue weighted by Gasteiger charge is 2.15. The normalized spacial score (nSPS) is 10.2. The Morgan fingerprint density at radius 2 is 1.92 bits per heavy atom. The average molecular weight is 300 g/mol. The molecule has 13 heavy (non-hydrogen) atoms. The molecule has 0 radical (unpaired) electrons. The summed E-state index contributed by atoms with van der Waals surface area (Å²) < 4.78 is 38.0. The van der Waals surface area contributed by atoms with Gasteiger partial charge < -0.3 is 4.79 Å². The van der Waals surface area contributed by atoms with E-state index in [-0.39, 0.29) is 15.6 Å². The van der Waals surface area contributed by atoms with E-state index in [1.54, 1.807) is 0 Å². The van der Waals surface area contributed by atoms with Gasteiger partial charge in [-0.1, -0.05) is 0 Å². The van der Waals surface area contributed by atoms with E-state index in [0.29, 0.717) is 6.29 Å². The van der Waals surface area contributed by atoms with Crippen LogP contribution >= 0.6 is 22.6 Å². The lowest BCUT2D eigenvalue weighted by Gasteiger charge is -2.03. The molecule has 0 aliphatic heterocycles. The fourth-order valence-corrected chi connectivity index (χ4v) is 1.47. The number of rotatable bonds is 2. The third kappa shape index (κ3) is 2.01. The summed E-state index contributed by atoms with van der Waals surface area (Å²) in [6.07, 6.45) is 0.390. The van der Waals surface area contributed by atoms with Crippen LogP contribution in [0, 0.1) is 21.0 Å². The van der Waals surface area contributed by atoms with Gasteiger partial charge in [0.2, 0.25) is 0 Å². The van der Waals surface area contributed by atoms with Crippen LogP contribution in [0.4, 0.5) is 13.2 Å². The molecule has 0 aliphatic carbocycles. The predicted octanol–water partition coefficient (Wildman–Crippen LogP) is 2.45. The Hall–Kier alpha value is -0.590. The molecule has 0 amide bonds. The summed E-state index contributed by atoms with van der Waals surface area (Å²) in [4.78, 5) is 10.1. The van der Waals surface area contributed by atoms with Crippen LogP contribution in [-0.2, 0) is 11.2 Å². The van der Waals surface area contributed by atoms with Crippen molar-refractivity contribution in [2.75, 3.05) is 0 Å². The van der Waals surface area contributed by atoms with Gasteiger partial charge in [0.05, 0.1) is 3.57 Å². The van der Waals surface area contributed by atoms with Crippen LogP contribution in [0.15, 0.2) is 6.07 Å². The second kappa shape index (κ2) is 4.08. The van der Waals surface area contributed by atoms with Gasteiger partial charge in [-0.15, -0.1) is 0 Å². The quantitative estimate of drug-likeness (QED) is 0.355. The smallest absolute Gasteiger partial charge is 0.195 e. The van der Waals surface area contributed by atoms with Gasteiger partial charge in [-0.05, 0) is 34.2 Å². The highest BCUT2D eigenvalue weighted by atomic mass is 127. The van der Waals surface area contributed by atoms with E-state index in [0.717, 1.165) is 6.07 Å². The minimum absolute atomic E-state index is 0.0522. The molecular formula is C8H4F3IO. The second-order valence-corrected chi connectivity index (χ2v) is 3.41. The maximum Gasteiger partial charge on any atom is 0.195 e. The Balaban J connectivity index is 3.31. The first-order valence-corrected chi connectivity index (χ1v) is 4.41. The molecule has 1 aromatic rings. The van der Waals surface area contributed by atoms with Gasteiger partial charge in [-0.25, -0.2) is 13.2 Å². The van der Waals surface area contributed by atoms with Crippen molar-refractivity contribution in [3.8, 4) is 0 Å². The number of benzene rings is 1. The van der Waals surface area contributed by atoms with Crippen LogP contribution in [0.1, 0.15) is 5.56 Å². The molecule has 0 unspecified atom stereocenters. The first-order valence-electron chi connectivity index (χ1n) is 3.33. The number of carbonyl (C=O) groups excluding carboxylic acids is 1. The largest absolute Gasteiger partial charge is 0.303 e. The molecule has 0 bridgehead atoms. The third-order valence-corrected chi connectivity index (χ3v) is 2.65. The minimum Gasteiger partial charge on any atom is -0.303 e. The topological polar surface area (TPSA) is 17.1 Å². The Bertz CT molecular complexity index is 352. The molecule has 0 aliphatic rings. The van der Waals surface area contributed by atoms with E-state index in [1.807, 2.05) is 0 Å². The lowest BCUT2D eigenvalue weighted by Crippen LogP contribution is -2.00. The lowest BCUT2D eigenvalue weighted by molar-refractivity contribution is -0.107. The summed E-state index contributed by atoms with van der Waals surface area (Å²) in [5.74, 6) is -4.01. The zero-order valence-electron chi connectivity index (χ0n) is 6.28. The SMILES string of the molecule is O=CCc1cc(F)c(F)c(F)c1I. The van der Waals surface area contributed by atoms with E-state index in [1.165, 1.54) is 22.6 Å². The Labute approximate surface area is 86.1 Å². The minimum atomic E-state index is -1.50. The van der Waals surface area contributed by atoms with Gasteiger partial charge in [0.1, 0.15) is 6.29 Å². The summed E-state index contributed by atoms with van der Waals surface area (Å²) >= 11 is 1.53. The first kappa shape index (κ1) is 10.5. The van der Waals surface area contributed by atoms with Crippen molar-refractivity contribution in [3.05, 3.63) is 32.7 Å². The van der Waals surface area contributed by atoms with Crippen LogP contribution in [-0.4, -0.2) is 6.29 Å². The van der Waals surface area contributed by atoms with Gasteiger partial charge in [0.25, 0.3) is 0 Å². The predicted molar refractivity (Wildman–Crippen MR) is 48.8 cm³/mol. The third-order valence-electron chi connectivity index (χ3n) is 1.48. The van der Waals surface area contributed by atoms with E-state index in [2.05, 4.69) is 0 Å². The van der Waals surface area contributed by atoms with Crippen molar-refractivity contribution in [2.24, 2.45) is 0 Å². The molecule has 0 heterocycles. The van der Waals surface area contributed by atoms with Gasteiger partial charge in [-0.2, -0.15) is 0 Å². The molecule has 0 aromatic heterocycles. The van der Waals surface area contributed by atoms with Gasteiger partial charge in [0, 0.05) is 6.42 Å². The second-order valence-electron chi connectivity index (χ2n) is 2.33. The molecule has 0 fully saturated rings. The standard InChI is InChI=1S/C8H4F3IO/c9-5-3-4(1-2-13)8(12)7(11)6(5)10/h2-3H,1H2. The molecule has 0 saturated carbocycles. The molecule has 1 nitrogen and oxygen atoms in total. The molecular weight excluding hydrogens is 296 g/mol. The summed E-state index contributed by atoms with van der Waals surface area (Å²) in [5, 5.41) is 0. The monoisotopic (exact) mass is 300 g/mol. The van der Waals surface area contributed by atoms with Crippen LogP contribution < -0.4 is 0 Å². The molecule has 0 atom stereocenters. The average Bonchev–Trinajstić information content (AvgIpc) is 2.11. The Kier molecular flexibility index (Phi) is 3.29. The van der Waals surface area contributed by atoms with Gasteiger partial charge in [0.15, 0.2) is 17.5 Å². The number of halogens is 4. The number of carbonyl (C=O) groups is 1. The molecule has 1 aromatic carbocycles. The van der Waals surface area contributed by atoms with E-state index >= 15 is 0 Å². The van der Waals surface area contributed by atoms with Crippen molar-refractivity contribution < 1.29 is 18.0 Å². The van der Waals surface area contributed by atoms with Crippen LogP contribution in [0.3, 0.4) is 0 Å². The maximum atomic E-state index is 12.8. The van der Waals surface area contributed by atoms with Crippen molar-refractivity contribution in [2.45, 2.75) is 6.42 Å². The Morgan fingerprint density at radius 1 is 1.31 bits per heavy atom. The molecule has 0 N–H and O–H groups in total. The van der Waals surface area contributed by atoms with Gasteiger partial charge in [-0.3, -0.25) is 0 Å². The van der Waals surface area contributed by atoms with Crippen LogP contribution in [0.25, 0.3) is 0 Å². The zero-order chi connectivity index (χ0) is 10.0. The van der Waals surface area contributed by atoms with Crippen molar-refractivity contribution in [1.29, 1.82) is 0 Å². The van der Waals surface area contributed by atoms with Gasteiger partial charge >= 0.3 is 0 Å². The Morgan fingerprint density at radius 3 is 2.46 bits per heavy atom. The molecule has 0 spiro atoms. The highest BCUT2D eigenvalue weighted by Crippen LogP contribution is 2.21. The molecule has 70 valence electrons. The summed E-state index contributed by atoms with van der Waals surface area (Å²) in [6, 6.07) is 0.828. The highest BCUT2D eigenvalue weighted by molar-refractivity contribution is 14.1. The summed E-state index contributed by atoms with van der Waals surface area (Å²) in [5.41, 5.74) is 0.159. The van der Waals surface area contributed by atoms with E-state index < -0.39 is 17.5 Å². The van der Waals surface area contributed by atoms with E-state index in [4.69, 9.17) is 0 Å². The summed E-state index contributed by atoms with van der Waals surface area (Å²) in [7, 11) is 0. The zero-order valence-corrected chi connectivity index (χ0v) is 8.44. The number of aldehydes is 1. The lowest BCUT2D eigenvalue weighted by atomic mass is 10.1. The summed E-state index contributed by atoms with van der Waals surface area (Å²) in [6.45, 7) is 0. The molecule has 1 rings (SSSR count). The molecule has 0 saturated heterocycles. The van der Waals surface area contributed by atoms with Crippen molar-refractivity contribution >= 4 is 28.9 Å². The number of hydrogen-bond acceptors (Lipinski definition) is 1. The van der Waals surface area contributed by atoms with Crippen molar-refractivity contribution in [1.82, 2.24) is 0 Å².